The number of carbonyl (C=O) groups is 8. The average molecular weight is 1260 g/mol. The molecule has 21 nitrogen and oxygen atoms in total. The third-order valence-electron chi connectivity index (χ3n) is 18.0. The number of alkyl carbamates (subject to hydrolysis) is 1. The normalized spacial score (nSPS) is 17.4. The number of likely N-dealkylation sites (N-methyl/N-ethyl adjacent to an activating group) is 2. The molecule has 21 heteroatoms. The van der Waals surface area contributed by atoms with Crippen LogP contribution in [0.4, 0.5) is 15.3 Å². The maximum absolute atomic E-state index is 14.8. The number of hydrogen-bond acceptors (Lipinski definition) is 13. The van der Waals surface area contributed by atoms with Gasteiger partial charge in [0.1, 0.15) is 37.4 Å². The first-order chi connectivity index (χ1) is 43.2. The van der Waals surface area contributed by atoms with Crippen LogP contribution >= 0.6 is 0 Å². The SMILES string of the molecule is CC[C@H](C)[C@@H]([C@@H](CC(=O)N1CCC[C@H]1[C@H](OC)[C@@H](C)C(=O)N[C@H](C)[C@@H](O)c1ccccc1)OC)N(C)C(=O)[C@@H](NC(=O)[C@H](C(C)C)N(C)C(=O)OCc1ccc(NC(=O)[C@H](C)NC(=O)[C@@H](NC(=O)OCC2c3ccccc3-c3ccccc32)C(C)C)cc1)C(C)C. The molecule has 91 heavy (non-hydrogen) atoms. The van der Waals surface area contributed by atoms with Crippen LogP contribution in [0.15, 0.2) is 103 Å². The minimum absolute atomic E-state index is 0.0746. The molecule has 4 aromatic carbocycles. The van der Waals surface area contributed by atoms with Gasteiger partial charge < -0.3 is 60.4 Å². The number of aliphatic hydroxyl groups excluding tert-OH is 1. The lowest BCUT2D eigenvalue weighted by atomic mass is 9.89. The summed E-state index contributed by atoms with van der Waals surface area (Å²) in [5.74, 6) is -4.73. The molecule has 0 saturated carbocycles. The molecule has 0 bridgehead atoms. The number of benzene rings is 4. The molecule has 0 radical (unpaired) electrons. The Balaban J connectivity index is 0.999. The second-order valence-corrected chi connectivity index (χ2v) is 25.4. The molecule has 1 heterocycles. The van der Waals surface area contributed by atoms with E-state index in [-0.39, 0.29) is 49.2 Å². The van der Waals surface area contributed by atoms with Gasteiger partial charge >= 0.3 is 12.2 Å². The van der Waals surface area contributed by atoms with E-state index in [1.165, 1.54) is 33.1 Å². The molecule has 1 aliphatic carbocycles. The molecule has 1 aliphatic heterocycles. The van der Waals surface area contributed by atoms with Crippen molar-refractivity contribution in [1.82, 2.24) is 36.0 Å². The summed E-state index contributed by atoms with van der Waals surface area (Å²) in [5.41, 5.74) is 5.96. The smallest absolute Gasteiger partial charge is 0.410 e. The van der Waals surface area contributed by atoms with E-state index in [9.17, 15) is 43.5 Å². The van der Waals surface area contributed by atoms with Crippen LogP contribution in [0.1, 0.15) is 136 Å². The Morgan fingerprint density at radius 1 is 0.637 bits per heavy atom. The Labute approximate surface area is 537 Å². The molecule has 4 aromatic rings. The van der Waals surface area contributed by atoms with Crippen molar-refractivity contribution in [3.63, 3.8) is 0 Å². The van der Waals surface area contributed by atoms with E-state index in [0.717, 1.165) is 22.3 Å². The molecule has 0 unspecified atom stereocenters. The highest BCUT2D eigenvalue weighted by Crippen LogP contribution is 2.44. The zero-order valence-electron chi connectivity index (χ0n) is 55.7. The molecular weight excluding hydrogens is 1160 g/mol. The Morgan fingerprint density at radius 3 is 1.79 bits per heavy atom. The van der Waals surface area contributed by atoms with Crippen LogP contribution in [0, 0.1) is 29.6 Å². The number of aliphatic hydroxyl groups is 1. The van der Waals surface area contributed by atoms with Crippen molar-refractivity contribution >= 4 is 53.3 Å². The molecular formula is C70H98N8O13. The number of fused-ring (bicyclic) bond motifs is 3. The van der Waals surface area contributed by atoms with Crippen molar-refractivity contribution in [1.29, 1.82) is 0 Å². The molecule has 1 saturated heterocycles. The Bertz CT molecular complexity index is 3060. The van der Waals surface area contributed by atoms with E-state index >= 15 is 0 Å². The summed E-state index contributed by atoms with van der Waals surface area (Å²) in [4.78, 5) is 116. The molecule has 6 rings (SSSR count). The van der Waals surface area contributed by atoms with Gasteiger partial charge in [0.25, 0.3) is 0 Å². The van der Waals surface area contributed by atoms with Crippen molar-refractivity contribution in [2.75, 3.05) is 46.8 Å². The van der Waals surface area contributed by atoms with Gasteiger partial charge in [0.15, 0.2) is 0 Å². The number of anilines is 1. The third kappa shape index (κ3) is 18.2. The molecule has 2 aliphatic rings. The summed E-state index contributed by atoms with van der Waals surface area (Å²) in [6.07, 6.45) is -2.03. The first kappa shape index (κ1) is 72.2. The van der Waals surface area contributed by atoms with E-state index in [1.807, 2.05) is 94.4 Å². The van der Waals surface area contributed by atoms with Gasteiger partial charge in [0.05, 0.1) is 48.8 Å². The van der Waals surface area contributed by atoms with Gasteiger partial charge in [0, 0.05) is 46.5 Å². The number of carbonyl (C=O) groups excluding carboxylic acids is 8. The van der Waals surface area contributed by atoms with Crippen LogP contribution in [0.3, 0.4) is 0 Å². The van der Waals surface area contributed by atoms with E-state index in [4.69, 9.17) is 18.9 Å². The monoisotopic (exact) mass is 1260 g/mol. The van der Waals surface area contributed by atoms with Crippen LogP contribution in [0.2, 0.25) is 0 Å². The summed E-state index contributed by atoms with van der Waals surface area (Å²) >= 11 is 0. The largest absolute Gasteiger partial charge is 0.449 e. The van der Waals surface area contributed by atoms with Crippen molar-refractivity contribution in [2.45, 2.75) is 175 Å². The van der Waals surface area contributed by atoms with E-state index in [1.54, 1.807) is 94.8 Å². The van der Waals surface area contributed by atoms with Crippen molar-refractivity contribution in [3.05, 3.63) is 125 Å². The fraction of sp³-hybridized carbons (Fsp3) is 0.543. The lowest BCUT2D eigenvalue weighted by Gasteiger charge is -2.41. The summed E-state index contributed by atoms with van der Waals surface area (Å²) in [6, 6.07) is 25.9. The minimum Gasteiger partial charge on any atom is -0.449 e. The van der Waals surface area contributed by atoms with E-state index in [0.29, 0.717) is 42.6 Å². The Kier molecular flexibility index (Phi) is 26.5. The second-order valence-electron chi connectivity index (χ2n) is 25.4. The lowest BCUT2D eigenvalue weighted by Crippen LogP contribution is -2.60. The van der Waals surface area contributed by atoms with Crippen LogP contribution < -0.4 is 26.6 Å². The zero-order chi connectivity index (χ0) is 67.0. The van der Waals surface area contributed by atoms with Gasteiger partial charge in [-0.3, -0.25) is 33.7 Å². The fourth-order valence-corrected chi connectivity index (χ4v) is 12.5. The Morgan fingerprint density at radius 2 is 1.23 bits per heavy atom. The van der Waals surface area contributed by atoms with Crippen LogP contribution in [-0.2, 0) is 54.3 Å². The molecule has 8 amide bonds. The van der Waals surface area contributed by atoms with Gasteiger partial charge in [-0.2, -0.15) is 0 Å². The van der Waals surface area contributed by atoms with Crippen LogP contribution in [0.25, 0.3) is 11.1 Å². The van der Waals surface area contributed by atoms with E-state index in [2.05, 4.69) is 26.6 Å². The number of methoxy groups -OCH3 is 2. The van der Waals surface area contributed by atoms with E-state index < -0.39 is 114 Å². The van der Waals surface area contributed by atoms with Gasteiger partial charge in [0.2, 0.25) is 35.4 Å². The highest BCUT2D eigenvalue weighted by atomic mass is 16.6. The zero-order valence-corrected chi connectivity index (χ0v) is 55.7. The van der Waals surface area contributed by atoms with Crippen molar-refractivity contribution in [2.24, 2.45) is 29.6 Å². The summed E-state index contributed by atoms with van der Waals surface area (Å²) in [6.45, 7) is 20.1. The predicted molar refractivity (Wildman–Crippen MR) is 348 cm³/mol. The topological polar surface area (TPSA) is 264 Å². The standard InChI is InChI=1S/C70H98N8O13/c1-16-43(8)61(56(88-14)37-57(79)78-36-24-31-55(78)63(89-15)44(9)64(81)71-45(10)62(80)48-25-18-17-19-26-48)76(12)68(85)59(41(4)5)74-67(84)60(42(6)7)77(13)70(87)91-38-47-32-34-49(35-33-47)73-65(82)46(11)72-66(83)58(40(2)3)75-69(86)90-39-54-52-29-22-20-27-50(52)51-28-21-23-30-53(51)54/h17-23,25-30,32-35,40-46,54-56,58-63,80H,16,24,31,36-39H2,1-15H3,(H,71,81)(H,72,83)(H,73,82)(H,74,84)(H,75,86)/t43-,44+,45+,46-,55-,56+,58-,59-,60-,61-,62+,63+/m0/s1. The molecule has 0 spiro atoms. The third-order valence-corrected chi connectivity index (χ3v) is 18.0. The quantitative estimate of drug-likeness (QED) is 0.0286. The maximum atomic E-state index is 14.8. The van der Waals surface area contributed by atoms with Crippen LogP contribution in [0.5, 0.6) is 0 Å². The molecule has 6 N–H and O–H groups in total. The predicted octanol–water partition coefficient (Wildman–Crippen LogP) is 8.59. The van der Waals surface area contributed by atoms with Crippen LogP contribution in [-0.4, -0.2) is 163 Å². The average Bonchev–Trinajstić information content (AvgIpc) is 1.65. The van der Waals surface area contributed by atoms with Gasteiger partial charge in [-0.25, -0.2) is 9.59 Å². The molecule has 0 aromatic heterocycles. The number of hydrogen-bond donors (Lipinski definition) is 6. The van der Waals surface area contributed by atoms with Crippen molar-refractivity contribution < 1.29 is 62.4 Å². The first-order valence-electron chi connectivity index (χ1n) is 31.9. The summed E-state index contributed by atoms with van der Waals surface area (Å²) < 4.78 is 23.4. The van der Waals surface area contributed by atoms with Gasteiger partial charge in [-0.05, 0) is 95.9 Å². The number of ether oxygens (including phenoxy) is 4. The number of likely N-dealkylation sites (tertiary alicyclic amines) is 1. The summed E-state index contributed by atoms with van der Waals surface area (Å²) in [5, 5.41) is 25.0. The first-order valence-corrected chi connectivity index (χ1v) is 31.9. The molecule has 1 fully saturated rings. The number of nitrogens with one attached hydrogen (secondary N) is 5. The summed E-state index contributed by atoms with van der Waals surface area (Å²) in [7, 11) is 6.14. The fourth-order valence-electron chi connectivity index (χ4n) is 12.5. The van der Waals surface area contributed by atoms with Gasteiger partial charge in [-0.1, -0.05) is 160 Å². The highest BCUT2D eigenvalue weighted by molar-refractivity contribution is 5.98. The minimum atomic E-state index is -1.05. The highest BCUT2D eigenvalue weighted by Gasteiger charge is 2.44. The Hall–Kier alpha value is -7.88. The lowest BCUT2D eigenvalue weighted by molar-refractivity contribution is -0.148. The number of amides is 8. The van der Waals surface area contributed by atoms with Crippen molar-refractivity contribution in [3.8, 4) is 11.1 Å². The number of rotatable bonds is 30. The molecule has 12 atom stereocenters. The molecule has 496 valence electrons. The second kappa shape index (κ2) is 33.4. The van der Waals surface area contributed by atoms with Gasteiger partial charge in [-0.15, -0.1) is 0 Å². The maximum Gasteiger partial charge on any atom is 0.410 e. The number of nitrogens with zero attached hydrogens (tertiary/aromatic N) is 3.